The molecule has 8 aromatic rings. The largest absolute Gasteiger partial charge is 0.225 e. The summed E-state index contributed by atoms with van der Waals surface area (Å²) in [6, 6.07) is 57.0. The second kappa shape index (κ2) is 14.8. The molecule has 1 aromatic heterocycles. The molecule has 1 saturated carbocycles. The van der Waals surface area contributed by atoms with Crippen LogP contribution in [-0.4, -0.2) is 15.0 Å². The van der Waals surface area contributed by atoms with Gasteiger partial charge in [-0.2, -0.15) is 0 Å². The summed E-state index contributed by atoms with van der Waals surface area (Å²) in [5, 5.41) is 0. The fraction of sp³-hybridized carbons (Fsp3) is 0.151. The zero-order valence-corrected chi connectivity index (χ0v) is 33.1. The molecule has 0 spiro atoms. The molecule has 0 atom stereocenters. The van der Waals surface area contributed by atoms with E-state index in [1.54, 1.807) is 12.7 Å². The van der Waals surface area contributed by atoms with Crippen molar-refractivity contribution in [3.05, 3.63) is 187 Å². The van der Waals surface area contributed by atoms with Gasteiger partial charge in [-0.3, -0.25) is 0 Å². The van der Waals surface area contributed by atoms with E-state index in [9.17, 15) is 1.37 Å². The Bertz CT molecular complexity index is 2780. The van der Waals surface area contributed by atoms with Gasteiger partial charge >= 0.3 is 0 Å². The lowest BCUT2D eigenvalue weighted by Gasteiger charge is -2.37. The van der Waals surface area contributed by atoms with Crippen molar-refractivity contribution >= 4 is 11.8 Å². The number of hydrogen-bond donors (Lipinski definition) is 0. The lowest BCUT2D eigenvalue weighted by molar-refractivity contribution is 0.605. The molecule has 2 heterocycles. The van der Waals surface area contributed by atoms with Gasteiger partial charge in [0, 0.05) is 27.7 Å². The van der Waals surface area contributed by atoms with Gasteiger partial charge in [0.1, 0.15) is 12.7 Å². The van der Waals surface area contributed by atoms with E-state index >= 15 is 0 Å². The van der Waals surface area contributed by atoms with E-state index in [1.165, 1.54) is 26.5 Å². The Morgan fingerprint density at radius 2 is 1.09 bits per heavy atom. The van der Waals surface area contributed by atoms with Crippen LogP contribution < -0.4 is 0 Å². The first kappa shape index (κ1) is 34.2. The predicted molar refractivity (Wildman–Crippen MR) is 236 cm³/mol. The molecule has 0 N–H and O–H groups in total. The van der Waals surface area contributed by atoms with Gasteiger partial charge in [-0.1, -0.05) is 178 Å². The van der Waals surface area contributed by atoms with Crippen LogP contribution in [0.3, 0.4) is 0 Å². The Morgan fingerprint density at radius 3 is 1.77 bits per heavy atom. The van der Waals surface area contributed by atoms with Crippen molar-refractivity contribution in [2.75, 3.05) is 0 Å². The second-order valence-electron chi connectivity index (χ2n) is 15.6. The third-order valence-corrected chi connectivity index (χ3v) is 13.1. The summed E-state index contributed by atoms with van der Waals surface area (Å²) in [7, 11) is 0. The van der Waals surface area contributed by atoms with E-state index in [0.29, 0.717) is 5.82 Å². The lowest BCUT2D eigenvalue weighted by atomic mass is 9.75. The van der Waals surface area contributed by atoms with Crippen LogP contribution in [0.15, 0.2) is 180 Å². The molecule has 2 aliphatic rings. The standard InChI is InChI=1S/C53H43N3S/c1-53(2)44-27-14-15-28-46(44)57-51-45(53)30-29-41(35-19-12-13-20-35)49(51)40-26-16-25-39(31-40)48-42(36-17-6-3-7-18-36)32-43(52-55-33-54-34-56-52)47(37-21-8-4-9-22-37)50(48)38-23-10-5-11-24-38/h3-11,14-18,21-35H,12-13,19-20H2,1-2H3/i35D. The van der Waals surface area contributed by atoms with Crippen molar-refractivity contribution in [1.29, 1.82) is 0 Å². The third kappa shape index (κ3) is 6.29. The number of nitrogens with zero attached hydrogens (tertiary/aromatic N) is 3. The van der Waals surface area contributed by atoms with E-state index in [1.807, 2.05) is 11.8 Å². The van der Waals surface area contributed by atoms with Crippen LogP contribution in [0.5, 0.6) is 0 Å². The van der Waals surface area contributed by atoms with Gasteiger partial charge in [-0.15, -0.1) is 0 Å². The quantitative estimate of drug-likeness (QED) is 0.162. The Hall–Kier alpha value is -6.10. The maximum atomic E-state index is 9.99. The van der Waals surface area contributed by atoms with Crippen LogP contribution in [-0.2, 0) is 5.41 Å². The van der Waals surface area contributed by atoms with Gasteiger partial charge in [0.05, 0.1) is 0 Å². The van der Waals surface area contributed by atoms with Gasteiger partial charge in [0.2, 0.25) is 0 Å². The van der Waals surface area contributed by atoms with E-state index in [4.69, 9.17) is 9.97 Å². The highest BCUT2D eigenvalue weighted by molar-refractivity contribution is 7.99. The fourth-order valence-electron chi connectivity index (χ4n) is 9.17. The average molecular weight is 755 g/mol. The van der Waals surface area contributed by atoms with Crippen LogP contribution in [0.2, 0.25) is 0 Å². The maximum Gasteiger partial charge on any atom is 0.163 e. The molecule has 276 valence electrons. The molecule has 1 aliphatic carbocycles. The average Bonchev–Trinajstić information content (AvgIpc) is 3.73. The van der Waals surface area contributed by atoms with Crippen molar-refractivity contribution in [2.24, 2.45) is 0 Å². The summed E-state index contributed by atoms with van der Waals surface area (Å²) < 4.78 is 9.99. The number of fused-ring (bicyclic) bond motifs is 2. The summed E-state index contributed by atoms with van der Waals surface area (Å²) in [6.07, 6.45) is 7.07. The molecular formula is C53H43N3S. The van der Waals surface area contributed by atoms with E-state index in [-0.39, 0.29) is 5.41 Å². The van der Waals surface area contributed by atoms with Crippen molar-refractivity contribution in [1.82, 2.24) is 15.0 Å². The summed E-state index contributed by atoms with van der Waals surface area (Å²) in [6.45, 7) is 4.71. The van der Waals surface area contributed by atoms with Crippen molar-refractivity contribution in [3.63, 3.8) is 0 Å². The molecule has 7 aromatic carbocycles. The van der Waals surface area contributed by atoms with Crippen molar-refractivity contribution in [3.8, 4) is 67.0 Å². The number of rotatable bonds is 7. The fourth-order valence-corrected chi connectivity index (χ4v) is 10.7. The molecule has 10 rings (SSSR count). The van der Waals surface area contributed by atoms with Crippen LogP contribution in [0.1, 0.15) is 63.5 Å². The van der Waals surface area contributed by atoms with Crippen molar-refractivity contribution < 1.29 is 1.37 Å². The number of benzene rings is 7. The zero-order chi connectivity index (χ0) is 39.3. The molecule has 0 radical (unpaired) electrons. The van der Waals surface area contributed by atoms with E-state index in [2.05, 4.69) is 177 Å². The number of hydrogen-bond acceptors (Lipinski definition) is 4. The minimum Gasteiger partial charge on any atom is -0.225 e. The van der Waals surface area contributed by atoms with Crippen LogP contribution in [0.4, 0.5) is 0 Å². The molecule has 0 amide bonds. The van der Waals surface area contributed by atoms with Gasteiger partial charge < -0.3 is 0 Å². The van der Waals surface area contributed by atoms with E-state index < -0.39 is 5.89 Å². The second-order valence-corrected chi connectivity index (χ2v) is 16.7. The normalized spacial score (nSPS) is 15.4. The van der Waals surface area contributed by atoms with Gasteiger partial charge in [0.15, 0.2) is 5.82 Å². The third-order valence-electron chi connectivity index (χ3n) is 11.9. The Morgan fingerprint density at radius 1 is 0.526 bits per heavy atom. The smallest absolute Gasteiger partial charge is 0.163 e. The highest BCUT2D eigenvalue weighted by Gasteiger charge is 2.36. The molecule has 57 heavy (non-hydrogen) atoms. The molecule has 3 nitrogen and oxygen atoms in total. The molecule has 4 heteroatoms. The Balaban J connectivity index is 1.31. The summed E-state index contributed by atoms with van der Waals surface area (Å²) in [4.78, 5) is 16.2. The topological polar surface area (TPSA) is 38.7 Å². The molecular weight excluding hydrogens is 711 g/mol. The van der Waals surface area contributed by atoms with Gasteiger partial charge in [-0.25, -0.2) is 15.0 Å². The molecule has 0 saturated heterocycles. The Labute approximate surface area is 341 Å². The molecule has 0 unspecified atom stereocenters. The summed E-state index contributed by atoms with van der Waals surface area (Å²) in [5.74, 6) is -0.0136. The molecule has 1 fully saturated rings. The summed E-state index contributed by atoms with van der Waals surface area (Å²) in [5.41, 5.74) is 15.8. The van der Waals surface area contributed by atoms with Gasteiger partial charge in [-0.05, 0) is 104 Å². The van der Waals surface area contributed by atoms with Crippen molar-refractivity contribution in [2.45, 2.75) is 60.6 Å². The van der Waals surface area contributed by atoms with Crippen LogP contribution >= 0.6 is 11.8 Å². The minimum atomic E-state index is -0.640. The first-order chi connectivity index (χ1) is 28.4. The lowest BCUT2D eigenvalue weighted by Crippen LogP contribution is -2.24. The zero-order valence-electron chi connectivity index (χ0n) is 33.2. The highest BCUT2D eigenvalue weighted by atomic mass is 32.2. The SMILES string of the molecule is [2H]C1(c2ccc3c(c2-c2cccc(-c4c(-c5ccccc5)cc(-c5ncncn5)c(-c5ccccc5)c4-c4ccccc4)c2)Sc2ccccc2C3(C)C)CCCC1. The minimum absolute atomic E-state index is 0.191. The van der Waals surface area contributed by atoms with Crippen LogP contribution in [0.25, 0.3) is 67.0 Å². The highest BCUT2D eigenvalue weighted by Crippen LogP contribution is 2.56. The molecule has 1 aliphatic heterocycles. The van der Waals surface area contributed by atoms with Gasteiger partial charge in [0.25, 0.3) is 0 Å². The van der Waals surface area contributed by atoms with E-state index in [0.717, 1.165) is 86.9 Å². The predicted octanol–water partition coefficient (Wildman–Crippen LogP) is 14.3. The maximum absolute atomic E-state index is 9.99. The summed E-state index contributed by atoms with van der Waals surface area (Å²) >= 11 is 1.88. The Kier molecular flexibility index (Phi) is 8.85. The van der Waals surface area contributed by atoms with Crippen LogP contribution in [0, 0.1) is 0 Å². The number of aromatic nitrogens is 3. The monoisotopic (exact) mass is 754 g/mol. The first-order valence-corrected chi connectivity index (χ1v) is 20.8. The first-order valence-electron chi connectivity index (χ1n) is 20.5. The molecule has 0 bridgehead atoms.